The average Bonchev–Trinajstić information content (AvgIpc) is 3.17. The number of carbonyl (C=O) groups is 3. The summed E-state index contributed by atoms with van der Waals surface area (Å²) in [5, 5.41) is 5.93. The van der Waals surface area contributed by atoms with E-state index in [1.54, 1.807) is 60.7 Å². The summed E-state index contributed by atoms with van der Waals surface area (Å²) < 4.78 is 5.80. The lowest BCUT2D eigenvalue weighted by Gasteiger charge is -2.16. The summed E-state index contributed by atoms with van der Waals surface area (Å²) in [7, 11) is 0. The number of aryl methyl sites for hydroxylation is 1. The van der Waals surface area contributed by atoms with Gasteiger partial charge >= 0.3 is 0 Å². The maximum Gasteiger partial charge on any atom is 0.283 e. The summed E-state index contributed by atoms with van der Waals surface area (Å²) in [6.07, 6.45) is 0. The zero-order chi connectivity index (χ0) is 28.2. The van der Waals surface area contributed by atoms with Crippen LogP contribution in [0, 0.1) is 6.92 Å². The van der Waals surface area contributed by atoms with Crippen LogP contribution in [0.5, 0.6) is 5.75 Å². The highest BCUT2D eigenvalue weighted by Gasteiger charge is 2.39. The van der Waals surface area contributed by atoms with E-state index in [0.29, 0.717) is 40.0 Å². The molecule has 0 saturated carbocycles. The van der Waals surface area contributed by atoms with E-state index < -0.39 is 11.8 Å². The molecule has 0 aromatic heterocycles. The number of hydrogen-bond donors (Lipinski definition) is 2. The van der Waals surface area contributed by atoms with Gasteiger partial charge in [0.1, 0.15) is 23.1 Å². The van der Waals surface area contributed by atoms with Crippen molar-refractivity contribution in [2.75, 3.05) is 15.5 Å². The molecule has 0 aliphatic carbocycles. The first-order chi connectivity index (χ1) is 19.3. The molecule has 0 spiro atoms. The molecule has 0 unspecified atom stereocenters. The standard InChI is InChI=1S/C31H23Cl2N3O4/c1-19-10-11-21(29(37)34-23-12-14-25(15-13-23)40-18-20-6-3-2-4-7-20)16-26(19)35-28-27(33)30(38)36(31(28)39)24-9-5-8-22(32)17-24/h2-17,35H,18H2,1H3,(H,34,37). The van der Waals surface area contributed by atoms with E-state index in [2.05, 4.69) is 10.6 Å². The number of rotatable bonds is 8. The van der Waals surface area contributed by atoms with Gasteiger partial charge in [-0.2, -0.15) is 0 Å². The smallest absolute Gasteiger partial charge is 0.283 e. The third-order valence-corrected chi connectivity index (χ3v) is 6.80. The molecule has 200 valence electrons. The lowest BCUT2D eigenvalue weighted by molar-refractivity contribution is -0.120. The van der Waals surface area contributed by atoms with Gasteiger partial charge in [0.15, 0.2) is 0 Å². The molecule has 2 N–H and O–H groups in total. The van der Waals surface area contributed by atoms with Gasteiger partial charge in [-0.05, 0) is 72.6 Å². The Hall–Kier alpha value is -4.59. The second kappa shape index (κ2) is 11.7. The quantitative estimate of drug-likeness (QED) is 0.224. The fourth-order valence-corrected chi connectivity index (χ4v) is 4.47. The minimum absolute atomic E-state index is 0.0848. The molecule has 4 aromatic rings. The lowest BCUT2D eigenvalue weighted by Crippen LogP contribution is -2.32. The van der Waals surface area contributed by atoms with Gasteiger partial charge in [0, 0.05) is 22.0 Å². The van der Waals surface area contributed by atoms with Gasteiger partial charge in [-0.3, -0.25) is 14.4 Å². The number of halogens is 2. The molecule has 5 rings (SSSR count). The highest BCUT2D eigenvalue weighted by atomic mass is 35.5. The number of carbonyl (C=O) groups excluding carboxylic acids is 3. The Bertz CT molecular complexity index is 1640. The Balaban J connectivity index is 1.27. The molecule has 0 fully saturated rings. The maximum absolute atomic E-state index is 13.1. The predicted octanol–water partition coefficient (Wildman–Crippen LogP) is 6.92. The number of nitrogens with zero attached hydrogens (tertiary/aromatic N) is 1. The van der Waals surface area contributed by atoms with Crippen LogP contribution in [-0.2, 0) is 16.2 Å². The number of hydrogen-bond acceptors (Lipinski definition) is 5. The first-order valence-electron chi connectivity index (χ1n) is 12.3. The summed E-state index contributed by atoms with van der Waals surface area (Å²) in [4.78, 5) is 39.9. The number of imide groups is 1. The molecule has 1 aliphatic heterocycles. The van der Waals surface area contributed by atoms with E-state index in [0.717, 1.165) is 16.0 Å². The minimum atomic E-state index is -0.667. The number of anilines is 3. The van der Waals surface area contributed by atoms with Crippen LogP contribution >= 0.6 is 23.2 Å². The normalized spacial score (nSPS) is 13.0. The second-order valence-corrected chi connectivity index (χ2v) is 9.84. The molecule has 1 aliphatic rings. The van der Waals surface area contributed by atoms with Crippen molar-refractivity contribution in [3.05, 3.63) is 130 Å². The fourth-order valence-electron chi connectivity index (χ4n) is 4.07. The molecular weight excluding hydrogens is 549 g/mol. The topological polar surface area (TPSA) is 87.7 Å². The molecule has 1 heterocycles. The van der Waals surface area contributed by atoms with E-state index >= 15 is 0 Å². The largest absolute Gasteiger partial charge is 0.489 e. The summed E-state index contributed by atoms with van der Waals surface area (Å²) in [5.74, 6) is -0.966. The molecule has 9 heteroatoms. The molecule has 0 saturated heterocycles. The molecule has 7 nitrogen and oxygen atoms in total. The van der Waals surface area contributed by atoms with Gasteiger partial charge in [-0.25, -0.2) is 4.90 Å². The van der Waals surface area contributed by atoms with Gasteiger partial charge in [0.05, 0.1) is 5.69 Å². The van der Waals surface area contributed by atoms with Crippen LogP contribution in [0.15, 0.2) is 108 Å². The third kappa shape index (κ3) is 5.86. The fraction of sp³-hybridized carbons (Fsp3) is 0.0645. The van der Waals surface area contributed by atoms with Crippen LogP contribution in [0.1, 0.15) is 21.5 Å². The van der Waals surface area contributed by atoms with Crippen LogP contribution in [0.25, 0.3) is 0 Å². The highest BCUT2D eigenvalue weighted by Crippen LogP contribution is 2.32. The van der Waals surface area contributed by atoms with Crippen LogP contribution < -0.4 is 20.3 Å². The van der Waals surface area contributed by atoms with Crippen LogP contribution in [-0.4, -0.2) is 17.7 Å². The van der Waals surface area contributed by atoms with Crippen molar-refractivity contribution >= 4 is 58.0 Å². The molecular formula is C31H23Cl2N3O4. The zero-order valence-electron chi connectivity index (χ0n) is 21.3. The summed E-state index contributed by atoms with van der Waals surface area (Å²) >= 11 is 12.3. The molecule has 0 bridgehead atoms. The van der Waals surface area contributed by atoms with Gasteiger partial charge in [-0.15, -0.1) is 0 Å². The molecule has 0 atom stereocenters. The Labute approximate surface area is 241 Å². The Kier molecular flexibility index (Phi) is 7.86. The Morgan fingerprint density at radius 2 is 1.60 bits per heavy atom. The molecule has 4 aromatic carbocycles. The van der Waals surface area contributed by atoms with Gasteiger partial charge in [-0.1, -0.05) is 65.7 Å². The molecule has 0 radical (unpaired) electrons. The monoisotopic (exact) mass is 571 g/mol. The van der Waals surface area contributed by atoms with Crippen molar-refractivity contribution in [2.45, 2.75) is 13.5 Å². The van der Waals surface area contributed by atoms with Gasteiger partial charge in [0.2, 0.25) is 0 Å². The lowest BCUT2D eigenvalue weighted by atomic mass is 10.1. The Morgan fingerprint density at radius 1 is 0.850 bits per heavy atom. The van der Waals surface area contributed by atoms with Crippen molar-refractivity contribution in [2.24, 2.45) is 0 Å². The SMILES string of the molecule is Cc1ccc(C(=O)Nc2ccc(OCc3ccccc3)cc2)cc1NC1=C(Cl)C(=O)N(c2cccc(Cl)c2)C1=O. The van der Waals surface area contributed by atoms with Gasteiger partial charge < -0.3 is 15.4 Å². The van der Waals surface area contributed by atoms with E-state index in [9.17, 15) is 14.4 Å². The average molecular weight is 572 g/mol. The maximum atomic E-state index is 13.1. The Morgan fingerprint density at radius 3 is 2.33 bits per heavy atom. The summed E-state index contributed by atoms with van der Waals surface area (Å²) in [6, 6.07) is 28.3. The van der Waals surface area contributed by atoms with Crippen molar-refractivity contribution in [1.29, 1.82) is 0 Å². The first kappa shape index (κ1) is 27.0. The minimum Gasteiger partial charge on any atom is -0.489 e. The number of amides is 3. The van der Waals surface area contributed by atoms with Crippen molar-refractivity contribution < 1.29 is 19.1 Å². The number of nitrogens with one attached hydrogen (secondary N) is 2. The number of benzene rings is 4. The highest BCUT2D eigenvalue weighted by molar-refractivity contribution is 6.53. The van der Waals surface area contributed by atoms with Crippen molar-refractivity contribution in [3.8, 4) is 5.75 Å². The molecule has 3 amide bonds. The molecule has 40 heavy (non-hydrogen) atoms. The number of ether oxygens (including phenoxy) is 1. The van der Waals surface area contributed by atoms with Crippen LogP contribution in [0.3, 0.4) is 0 Å². The van der Waals surface area contributed by atoms with E-state index in [4.69, 9.17) is 27.9 Å². The second-order valence-electron chi connectivity index (χ2n) is 9.02. The van der Waals surface area contributed by atoms with Crippen molar-refractivity contribution in [3.63, 3.8) is 0 Å². The van der Waals surface area contributed by atoms with Crippen LogP contribution in [0.2, 0.25) is 5.02 Å². The first-order valence-corrected chi connectivity index (χ1v) is 13.1. The van der Waals surface area contributed by atoms with Gasteiger partial charge in [0.25, 0.3) is 17.7 Å². The van der Waals surface area contributed by atoms with E-state index in [-0.39, 0.29) is 16.6 Å². The van der Waals surface area contributed by atoms with Crippen LogP contribution in [0.4, 0.5) is 17.1 Å². The van der Waals surface area contributed by atoms with E-state index in [1.165, 1.54) is 6.07 Å². The predicted molar refractivity (Wildman–Crippen MR) is 157 cm³/mol. The zero-order valence-corrected chi connectivity index (χ0v) is 22.8. The van der Waals surface area contributed by atoms with Crippen molar-refractivity contribution in [1.82, 2.24) is 0 Å². The third-order valence-electron chi connectivity index (χ3n) is 6.21. The summed E-state index contributed by atoms with van der Waals surface area (Å²) in [5.41, 5.74) is 3.41. The summed E-state index contributed by atoms with van der Waals surface area (Å²) in [6.45, 7) is 2.25. The van der Waals surface area contributed by atoms with E-state index in [1.807, 2.05) is 37.3 Å².